The third-order valence-corrected chi connectivity index (χ3v) is 4.14. The minimum atomic E-state index is -0.614. The van der Waals surface area contributed by atoms with Gasteiger partial charge in [0.1, 0.15) is 5.75 Å². The number of esters is 1. The largest absolute Gasteiger partial charge is 0.482 e. The van der Waals surface area contributed by atoms with Gasteiger partial charge in [-0.15, -0.1) is 0 Å². The molecule has 1 N–H and O–H groups in total. The number of hydrogen-bond acceptors (Lipinski definition) is 5. The van der Waals surface area contributed by atoms with Crippen molar-refractivity contribution in [1.29, 1.82) is 0 Å². The molecular weight excluding hydrogens is 370 g/mol. The van der Waals surface area contributed by atoms with E-state index in [0.29, 0.717) is 23.4 Å². The molecule has 0 fully saturated rings. The maximum Gasteiger partial charge on any atom is 0.344 e. The summed E-state index contributed by atoms with van der Waals surface area (Å²) in [5.41, 5.74) is 2.96. The highest BCUT2D eigenvalue weighted by atomic mass is 16.6. The first kappa shape index (κ1) is 22.1. The molecule has 0 unspecified atom stereocenters. The van der Waals surface area contributed by atoms with Crippen molar-refractivity contribution in [2.75, 3.05) is 18.5 Å². The molecule has 29 heavy (non-hydrogen) atoms. The van der Waals surface area contributed by atoms with Crippen LogP contribution in [0.25, 0.3) is 0 Å². The maximum absolute atomic E-state index is 12.2. The van der Waals surface area contributed by atoms with Crippen LogP contribution in [-0.4, -0.2) is 30.9 Å². The molecule has 0 aliphatic rings. The lowest BCUT2D eigenvalue weighted by molar-refractivity contribution is -0.144. The van der Waals surface area contributed by atoms with Crippen LogP contribution in [0, 0.1) is 19.8 Å². The summed E-state index contributed by atoms with van der Waals surface area (Å²) in [6.07, 6.45) is 0.431. The summed E-state index contributed by atoms with van der Waals surface area (Å²) >= 11 is 0. The summed E-state index contributed by atoms with van der Waals surface area (Å²) in [4.78, 5) is 35.8. The van der Waals surface area contributed by atoms with Gasteiger partial charge in [-0.05, 0) is 61.2 Å². The zero-order valence-corrected chi connectivity index (χ0v) is 17.3. The Balaban J connectivity index is 1.80. The van der Waals surface area contributed by atoms with E-state index in [2.05, 4.69) is 5.32 Å². The van der Waals surface area contributed by atoms with Crippen molar-refractivity contribution in [1.82, 2.24) is 0 Å². The fraction of sp³-hybridized carbons (Fsp3) is 0.348. The predicted octanol–water partition coefficient (Wildman–Crippen LogP) is 4.09. The molecular formula is C23H27NO5. The zero-order chi connectivity index (χ0) is 21.4. The van der Waals surface area contributed by atoms with Crippen LogP contribution in [0.15, 0.2) is 42.5 Å². The van der Waals surface area contributed by atoms with Crippen LogP contribution in [0.4, 0.5) is 5.69 Å². The molecule has 0 saturated heterocycles. The average Bonchev–Trinajstić information content (AvgIpc) is 2.66. The van der Waals surface area contributed by atoms with Crippen LogP contribution in [0.1, 0.15) is 41.8 Å². The van der Waals surface area contributed by atoms with Crippen LogP contribution >= 0.6 is 0 Å². The van der Waals surface area contributed by atoms with Crippen molar-refractivity contribution < 1.29 is 23.9 Å². The summed E-state index contributed by atoms with van der Waals surface area (Å²) in [7, 11) is 0. The Hall–Kier alpha value is -3.15. The lowest BCUT2D eigenvalue weighted by atomic mass is 10.1. The number of amides is 1. The number of carbonyl (C=O) groups is 3. The minimum absolute atomic E-state index is 0.0724. The number of aryl methyl sites for hydroxylation is 2. The molecule has 0 aliphatic heterocycles. The van der Waals surface area contributed by atoms with Crippen molar-refractivity contribution >= 4 is 23.3 Å². The van der Waals surface area contributed by atoms with Gasteiger partial charge in [-0.25, -0.2) is 4.79 Å². The van der Waals surface area contributed by atoms with Crippen LogP contribution in [-0.2, 0) is 14.3 Å². The predicted molar refractivity (Wildman–Crippen MR) is 111 cm³/mol. The molecule has 6 heteroatoms. The van der Waals surface area contributed by atoms with Gasteiger partial charge in [0.15, 0.2) is 19.0 Å². The second-order valence-corrected chi connectivity index (χ2v) is 7.36. The van der Waals surface area contributed by atoms with E-state index in [9.17, 15) is 14.4 Å². The van der Waals surface area contributed by atoms with Gasteiger partial charge >= 0.3 is 5.97 Å². The summed E-state index contributed by atoms with van der Waals surface area (Å²) < 4.78 is 10.5. The highest BCUT2D eigenvalue weighted by Gasteiger charge is 2.12. The maximum atomic E-state index is 12.2. The SMILES string of the molecule is Cc1ccc(C)c(OCC(=O)OCC(=O)c2ccc(NC(=O)CC(C)C)cc2)c1. The van der Waals surface area contributed by atoms with Crippen molar-refractivity contribution in [3.8, 4) is 5.75 Å². The molecule has 0 aliphatic carbocycles. The molecule has 2 aromatic carbocycles. The number of ketones is 1. The number of carbonyl (C=O) groups excluding carboxylic acids is 3. The van der Waals surface area contributed by atoms with Gasteiger partial charge in [-0.1, -0.05) is 26.0 Å². The Bertz CT molecular complexity index is 871. The normalized spacial score (nSPS) is 10.5. The fourth-order valence-corrected chi connectivity index (χ4v) is 2.59. The van der Waals surface area contributed by atoms with E-state index in [1.54, 1.807) is 24.3 Å². The monoisotopic (exact) mass is 397 g/mol. The topological polar surface area (TPSA) is 81.7 Å². The quantitative estimate of drug-likeness (QED) is 0.509. The van der Waals surface area contributed by atoms with Crippen molar-refractivity contribution in [3.05, 3.63) is 59.2 Å². The molecule has 0 bridgehead atoms. The number of rotatable bonds is 9. The molecule has 0 spiro atoms. The van der Waals surface area contributed by atoms with Gasteiger partial charge in [-0.2, -0.15) is 0 Å². The van der Waals surface area contributed by atoms with Crippen LogP contribution in [0.3, 0.4) is 0 Å². The summed E-state index contributed by atoms with van der Waals surface area (Å²) in [5.74, 6) is -0.133. The Morgan fingerprint density at radius 3 is 2.31 bits per heavy atom. The molecule has 0 aromatic heterocycles. The molecule has 1 amide bonds. The Morgan fingerprint density at radius 2 is 1.66 bits per heavy atom. The molecule has 6 nitrogen and oxygen atoms in total. The highest BCUT2D eigenvalue weighted by molar-refractivity contribution is 5.98. The van der Waals surface area contributed by atoms with Gasteiger partial charge in [0.2, 0.25) is 5.91 Å². The Morgan fingerprint density at radius 1 is 0.966 bits per heavy atom. The third kappa shape index (κ3) is 7.41. The van der Waals surface area contributed by atoms with E-state index in [1.807, 2.05) is 45.9 Å². The summed E-state index contributed by atoms with van der Waals surface area (Å²) in [6, 6.07) is 12.2. The van der Waals surface area contributed by atoms with Gasteiger partial charge in [0, 0.05) is 17.7 Å². The number of anilines is 1. The fourth-order valence-electron chi connectivity index (χ4n) is 2.59. The number of benzene rings is 2. The molecule has 0 atom stereocenters. The van der Waals surface area contributed by atoms with Gasteiger partial charge in [0.05, 0.1) is 0 Å². The van der Waals surface area contributed by atoms with Crippen LogP contribution in [0.5, 0.6) is 5.75 Å². The lowest BCUT2D eigenvalue weighted by Crippen LogP contribution is -2.20. The van der Waals surface area contributed by atoms with E-state index >= 15 is 0 Å². The third-order valence-electron chi connectivity index (χ3n) is 4.14. The summed E-state index contributed by atoms with van der Waals surface area (Å²) in [6.45, 7) is 7.13. The molecule has 0 radical (unpaired) electrons. The highest BCUT2D eigenvalue weighted by Crippen LogP contribution is 2.19. The minimum Gasteiger partial charge on any atom is -0.482 e. The first-order chi connectivity index (χ1) is 13.7. The van der Waals surface area contributed by atoms with E-state index in [-0.39, 0.29) is 30.8 Å². The molecule has 0 saturated carbocycles. The van der Waals surface area contributed by atoms with Crippen LogP contribution < -0.4 is 10.1 Å². The lowest BCUT2D eigenvalue weighted by Gasteiger charge is -2.10. The van der Waals surface area contributed by atoms with E-state index in [1.165, 1.54) is 0 Å². The first-order valence-corrected chi connectivity index (χ1v) is 9.53. The number of hydrogen-bond donors (Lipinski definition) is 1. The van der Waals surface area contributed by atoms with Crippen molar-refractivity contribution in [2.24, 2.45) is 5.92 Å². The van der Waals surface area contributed by atoms with Gasteiger partial charge in [0.25, 0.3) is 0 Å². The van der Waals surface area contributed by atoms with Crippen molar-refractivity contribution in [3.63, 3.8) is 0 Å². The van der Waals surface area contributed by atoms with Gasteiger partial charge in [-0.3, -0.25) is 9.59 Å². The van der Waals surface area contributed by atoms with Crippen LogP contribution in [0.2, 0.25) is 0 Å². The smallest absolute Gasteiger partial charge is 0.344 e. The van der Waals surface area contributed by atoms with E-state index in [0.717, 1.165) is 11.1 Å². The summed E-state index contributed by atoms with van der Waals surface area (Å²) in [5, 5.41) is 2.78. The number of ether oxygens (including phenoxy) is 2. The van der Waals surface area contributed by atoms with E-state index < -0.39 is 5.97 Å². The molecule has 0 heterocycles. The van der Waals surface area contributed by atoms with Gasteiger partial charge < -0.3 is 14.8 Å². The zero-order valence-electron chi connectivity index (χ0n) is 17.3. The Kier molecular flexibility index (Phi) is 7.95. The number of nitrogens with one attached hydrogen (secondary N) is 1. The van der Waals surface area contributed by atoms with E-state index in [4.69, 9.17) is 9.47 Å². The number of Topliss-reactive ketones (excluding diaryl/α,β-unsaturated/α-hetero) is 1. The standard InChI is InChI=1S/C23H27NO5/c1-15(2)11-22(26)24-19-9-7-18(8-10-19)20(25)13-29-23(27)14-28-21-12-16(3)5-6-17(21)4/h5-10,12,15H,11,13-14H2,1-4H3,(H,24,26). The molecule has 2 rings (SSSR count). The second-order valence-electron chi connectivity index (χ2n) is 7.36. The average molecular weight is 397 g/mol. The Labute approximate surface area is 171 Å². The first-order valence-electron chi connectivity index (χ1n) is 9.53. The molecule has 2 aromatic rings. The second kappa shape index (κ2) is 10.4. The van der Waals surface area contributed by atoms with Crippen molar-refractivity contribution in [2.45, 2.75) is 34.1 Å². The molecule has 154 valence electrons.